The molecule has 0 amide bonds. The fourth-order valence-electron chi connectivity index (χ4n) is 2.63. The molecule has 0 saturated heterocycles. The van der Waals surface area contributed by atoms with Crippen LogP contribution in [0.2, 0.25) is 0 Å². The molecule has 0 fully saturated rings. The largest absolute Gasteiger partial charge is 0.0579 e. The first-order valence-corrected chi connectivity index (χ1v) is 8.71. The zero-order valence-electron chi connectivity index (χ0n) is 14.8. The van der Waals surface area contributed by atoms with Crippen molar-refractivity contribution < 1.29 is 0 Å². The Morgan fingerprint density at radius 2 is 1.14 bits per heavy atom. The van der Waals surface area contributed by atoms with Gasteiger partial charge >= 0.3 is 0 Å². The van der Waals surface area contributed by atoms with E-state index in [1.165, 1.54) is 32.3 Å². The van der Waals surface area contributed by atoms with Crippen molar-refractivity contribution >= 4 is 15.9 Å². The van der Waals surface area contributed by atoms with Gasteiger partial charge in [-0.25, -0.2) is 0 Å². The summed E-state index contributed by atoms with van der Waals surface area (Å²) in [7, 11) is 0. The van der Waals surface area contributed by atoms with Crippen LogP contribution in [0, 0.1) is 6.92 Å². The van der Waals surface area contributed by atoms with Crippen molar-refractivity contribution in [3.63, 3.8) is 0 Å². The molecule has 1 heteroatoms. The van der Waals surface area contributed by atoms with Gasteiger partial charge in [0.25, 0.3) is 0 Å². The fourth-order valence-corrected chi connectivity index (χ4v) is 3.22. The van der Waals surface area contributed by atoms with Crippen molar-refractivity contribution in [2.45, 2.75) is 59.3 Å². The molecule has 0 saturated carbocycles. The van der Waals surface area contributed by atoms with Crippen LogP contribution in [0.25, 0.3) is 11.1 Å². The van der Waals surface area contributed by atoms with Gasteiger partial charge in [0.1, 0.15) is 0 Å². The molecule has 2 rings (SSSR count). The lowest BCUT2D eigenvalue weighted by Gasteiger charge is -2.22. The quantitative estimate of drug-likeness (QED) is 0.513. The second-order valence-corrected chi connectivity index (χ2v) is 9.08. The molecular formula is C21H27Br. The molecular weight excluding hydrogens is 332 g/mol. The molecule has 0 aliphatic rings. The van der Waals surface area contributed by atoms with Gasteiger partial charge in [0.15, 0.2) is 0 Å². The monoisotopic (exact) mass is 358 g/mol. The van der Waals surface area contributed by atoms with Crippen molar-refractivity contribution in [3.05, 3.63) is 57.6 Å². The first kappa shape index (κ1) is 17.3. The Balaban J connectivity index is 2.49. The molecule has 0 atom stereocenters. The lowest BCUT2D eigenvalue weighted by molar-refractivity contribution is 0.589. The van der Waals surface area contributed by atoms with Gasteiger partial charge in [0.05, 0.1) is 0 Å². The van der Waals surface area contributed by atoms with E-state index in [1.807, 2.05) is 0 Å². The second kappa shape index (κ2) is 5.85. The van der Waals surface area contributed by atoms with E-state index in [4.69, 9.17) is 0 Å². The van der Waals surface area contributed by atoms with Crippen LogP contribution in [-0.2, 0) is 10.8 Å². The third kappa shape index (κ3) is 3.63. The summed E-state index contributed by atoms with van der Waals surface area (Å²) >= 11 is 3.77. The van der Waals surface area contributed by atoms with E-state index >= 15 is 0 Å². The Hall–Kier alpha value is -1.08. The molecule has 0 N–H and O–H groups in total. The van der Waals surface area contributed by atoms with Gasteiger partial charge < -0.3 is 0 Å². The van der Waals surface area contributed by atoms with Crippen LogP contribution in [0.1, 0.15) is 58.2 Å². The van der Waals surface area contributed by atoms with Crippen molar-refractivity contribution in [1.29, 1.82) is 0 Å². The lowest BCUT2D eigenvalue weighted by Crippen LogP contribution is -2.11. The van der Waals surface area contributed by atoms with Crippen molar-refractivity contribution in [2.24, 2.45) is 0 Å². The predicted octanol–water partition coefficient (Wildman–Crippen LogP) is 7.02. The van der Waals surface area contributed by atoms with Crippen LogP contribution in [0.3, 0.4) is 0 Å². The van der Waals surface area contributed by atoms with E-state index in [-0.39, 0.29) is 10.8 Å². The third-order valence-electron chi connectivity index (χ3n) is 4.22. The van der Waals surface area contributed by atoms with E-state index < -0.39 is 0 Å². The number of hydrogen-bond acceptors (Lipinski definition) is 0. The average molecular weight is 359 g/mol. The minimum absolute atomic E-state index is 0.173. The molecule has 0 radical (unpaired) electrons. The Bertz CT molecular complexity index is 621. The summed E-state index contributed by atoms with van der Waals surface area (Å²) in [4.78, 5) is 0. The topological polar surface area (TPSA) is 0 Å². The number of halogens is 1. The summed E-state index contributed by atoms with van der Waals surface area (Å²) in [6.07, 6.45) is 0. The van der Waals surface area contributed by atoms with Crippen LogP contribution >= 0.6 is 15.9 Å². The van der Waals surface area contributed by atoms with Crippen molar-refractivity contribution in [1.82, 2.24) is 0 Å². The number of hydrogen-bond donors (Lipinski definition) is 0. The maximum absolute atomic E-state index is 3.77. The van der Waals surface area contributed by atoms with Crippen LogP contribution in [0.4, 0.5) is 0 Å². The molecule has 0 unspecified atom stereocenters. The molecule has 118 valence electrons. The standard InChI is InChI=1S/C21H27Br/c1-14-12-15(20(2,3)4)8-10-17(14)18-11-9-16(13-19(18)22)21(5,6)7/h8-13H,1-7H3. The van der Waals surface area contributed by atoms with Gasteiger partial charge in [-0.3, -0.25) is 0 Å². The van der Waals surface area contributed by atoms with Crippen molar-refractivity contribution in [3.8, 4) is 11.1 Å². The van der Waals surface area contributed by atoms with Gasteiger partial charge in [-0.2, -0.15) is 0 Å². The number of aryl methyl sites for hydroxylation is 1. The Labute approximate surface area is 144 Å². The predicted molar refractivity (Wildman–Crippen MR) is 102 cm³/mol. The molecule has 0 nitrogen and oxygen atoms in total. The summed E-state index contributed by atoms with van der Waals surface area (Å²) in [6, 6.07) is 13.6. The molecule has 0 aliphatic carbocycles. The van der Waals surface area contributed by atoms with Gasteiger partial charge in [0, 0.05) is 4.47 Å². The number of benzene rings is 2. The van der Waals surface area contributed by atoms with Gasteiger partial charge in [-0.1, -0.05) is 87.8 Å². The molecule has 2 aromatic carbocycles. The van der Waals surface area contributed by atoms with Gasteiger partial charge in [-0.15, -0.1) is 0 Å². The minimum atomic E-state index is 0.173. The lowest BCUT2D eigenvalue weighted by atomic mass is 9.83. The minimum Gasteiger partial charge on any atom is -0.0579 e. The summed E-state index contributed by atoms with van der Waals surface area (Å²) < 4.78 is 1.17. The second-order valence-electron chi connectivity index (χ2n) is 8.22. The fraction of sp³-hybridized carbons (Fsp3) is 0.429. The van der Waals surface area contributed by atoms with E-state index in [1.54, 1.807) is 0 Å². The van der Waals surface area contributed by atoms with Crippen molar-refractivity contribution in [2.75, 3.05) is 0 Å². The zero-order chi connectivity index (χ0) is 16.7. The van der Waals surface area contributed by atoms with E-state index in [0.717, 1.165) is 0 Å². The first-order chi connectivity index (χ1) is 10.00. The molecule has 0 heterocycles. The highest BCUT2D eigenvalue weighted by atomic mass is 79.9. The summed E-state index contributed by atoms with van der Waals surface area (Å²) in [5.41, 5.74) is 7.01. The Morgan fingerprint density at radius 3 is 1.55 bits per heavy atom. The van der Waals surface area contributed by atoms with E-state index in [0.29, 0.717) is 0 Å². The van der Waals surface area contributed by atoms with Crippen LogP contribution < -0.4 is 0 Å². The first-order valence-electron chi connectivity index (χ1n) is 7.92. The average Bonchev–Trinajstić information content (AvgIpc) is 2.37. The third-order valence-corrected chi connectivity index (χ3v) is 4.87. The highest BCUT2D eigenvalue weighted by Crippen LogP contribution is 2.36. The summed E-state index contributed by atoms with van der Waals surface area (Å²) in [6.45, 7) is 15.7. The Kier molecular flexibility index (Phi) is 4.59. The maximum atomic E-state index is 3.77. The molecule has 0 spiro atoms. The van der Waals surface area contributed by atoms with Gasteiger partial charge in [0.2, 0.25) is 0 Å². The summed E-state index contributed by atoms with van der Waals surface area (Å²) in [5, 5.41) is 0. The molecule has 22 heavy (non-hydrogen) atoms. The maximum Gasteiger partial charge on any atom is 0.0256 e. The molecule has 0 aromatic heterocycles. The van der Waals surface area contributed by atoms with Crippen LogP contribution in [-0.4, -0.2) is 0 Å². The zero-order valence-corrected chi connectivity index (χ0v) is 16.4. The normalized spacial score (nSPS) is 12.5. The summed E-state index contributed by atoms with van der Waals surface area (Å²) in [5.74, 6) is 0. The smallest absolute Gasteiger partial charge is 0.0256 e. The van der Waals surface area contributed by atoms with Crippen LogP contribution in [0.15, 0.2) is 40.9 Å². The Morgan fingerprint density at radius 1 is 0.682 bits per heavy atom. The highest BCUT2D eigenvalue weighted by molar-refractivity contribution is 9.10. The molecule has 0 aliphatic heterocycles. The number of rotatable bonds is 1. The SMILES string of the molecule is Cc1cc(C(C)(C)C)ccc1-c1ccc(C(C)(C)C)cc1Br. The van der Waals surface area contributed by atoms with E-state index in [9.17, 15) is 0 Å². The molecule has 2 aromatic rings. The van der Waals surface area contributed by atoms with Gasteiger partial charge in [-0.05, 0) is 51.6 Å². The highest BCUT2D eigenvalue weighted by Gasteiger charge is 2.18. The molecule has 0 bridgehead atoms. The van der Waals surface area contributed by atoms with Crippen LogP contribution in [0.5, 0.6) is 0 Å². The van der Waals surface area contributed by atoms with E-state index in [2.05, 4.69) is 101 Å².